The maximum atomic E-state index is 13.8. The van der Waals surface area contributed by atoms with E-state index in [2.05, 4.69) is 5.32 Å². The number of fused-ring (bicyclic) bond motifs is 1. The van der Waals surface area contributed by atoms with E-state index in [0.717, 1.165) is 17.2 Å². The van der Waals surface area contributed by atoms with Crippen LogP contribution in [0.2, 0.25) is 5.02 Å². The summed E-state index contributed by atoms with van der Waals surface area (Å²) in [6.07, 6.45) is -0.230. The number of carbonyl (C=O) groups excluding carboxylic acids is 1. The average molecular weight is 306 g/mol. The number of carbonyl (C=O) groups is 1. The molecule has 21 heavy (non-hydrogen) atoms. The fourth-order valence-corrected chi connectivity index (χ4v) is 2.80. The number of hydrogen-bond acceptors (Lipinski definition) is 2. The van der Waals surface area contributed by atoms with E-state index >= 15 is 0 Å². The molecule has 3 nitrogen and oxygen atoms in total. The molecule has 0 saturated heterocycles. The monoisotopic (exact) mass is 305 g/mol. The summed E-state index contributed by atoms with van der Waals surface area (Å²) >= 11 is 5.67. The van der Waals surface area contributed by atoms with Crippen LogP contribution >= 0.6 is 11.6 Å². The van der Waals surface area contributed by atoms with Crippen molar-refractivity contribution in [1.29, 1.82) is 0 Å². The van der Waals surface area contributed by atoms with Crippen LogP contribution in [0.5, 0.6) is 0 Å². The van der Waals surface area contributed by atoms with Gasteiger partial charge in [-0.3, -0.25) is 4.79 Å². The fraction of sp³-hybridized carbons (Fsp3) is 0.188. The number of amides is 1. The zero-order chi connectivity index (χ0) is 15.0. The van der Waals surface area contributed by atoms with E-state index in [4.69, 9.17) is 11.6 Å². The lowest BCUT2D eigenvalue weighted by atomic mass is 10.1. The van der Waals surface area contributed by atoms with Crippen LogP contribution in [0.15, 0.2) is 42.5 Å². The topological polar surface area (TPSA) is 49.3 Å². The van der Waals surface area contributed by atoms with Crippen molar-refractivity contribution in [2.75, 3.05) is 0 Å². The summed E-state index contributed by atoms with van der Waals surface area (Å²) in [5.74, 6) is -1.24. The predicted octanol–water partition coefficient (Wildman–Crippen LogP) is 2.87. The molecule has 108 valence electrons. The SMILES string of the molecule is O=C(N[C@H]1c2ccccc2C[C@H]1O)c1ccc(Cl)cc1F. The van der Waals surface area contributed by atoms with Gasteiger partial charge in [0.05, 0.1) is 17.7 Å². The van der Waals surface area contributed by atoms with Crippen molar-refractivity contribution in [2.45, 2.75) is 18.6 Å². The van der Waals surface area contributed by atoms with E-state index in [1.165, 1.54) is 12.1 Å². The van der Waals surface area contributed by atoms with Crippen LogP contribution in [0.4, 0.5) is 4.39 Å². The molecular weight excluding hydrogens is 293 g/mol. The molecule has 2 atom stereocenters. The molecular formula is C16H13ClFNO2. The summed E-state index contributed by atoms with van der Waals surface area (Å²) in [5.41, 5.74) is 1.77. The Morgan fingerprint density at radius 1 is 1.29 bits per heavy atom. The second-order valence-electron chi connectivity index (χ2n) is 5.05. The third kappa shape index (κ3) is 2.64. The highest BCUT2D eigenvalue weighted by Gasteiger charge is 2.32. The highest BCUT2D eigenvalue weighted by Crippen LogP contribution is 2.31. The summed E-state index contributed by atoms with van der Waals surface area (Å²) in [6.45, 7) is 0. The number of rotatable bonds is 2. The standard InChI is InChI=1S/C16H13ClFNO2/c17-10-5-6-12(13(18)8-10)16(21)19-15-11-4-2-1-3-9(11)7-14(15)20/h1-6,8,14-15,20H,7H2,(H,19,21)/t14-,15+/m1/s1. The van der Waals surface area contributed by atoms with Crippen LogP contribution in [-0.2, 0) is 6.42 Å². The number of nitrogens with one attached hydrogen (secondary N) is 1. The third-order valence-electron chi connectivity index (χ3n) is 3.67. The Balaban J connectivity index is 1.85. The summed E-state index contributed by atoms with van der Waals surface area (Å²) in [4.78, 5) is 12.2. The van der Waals surface area contributed by atoms with Crippen molar-refractivity contribution in [1.82, 2.24) is 5.32 Å². The molecule has 2 aromatic carbocycles. The largest absolute Gasteiger partial charge is 0.390 e. The van der Waals surface area contributed by atoms with Crippen molar-refractivity contribution >= 4 is 17.5 Å². The maximum absolute atomic E-state index is 13.8. The summed E-state index contributed by atoms with van der Waals surface area (Å²) in [6, 6.07) is 10.9. The van der Waals surface area contributed by atoms with E-state index in [1.54, 1.807) is 0 Å². The molecule has 0 saturated carbocycles. The van der Waals surface area contributed by atoms with Crippen LogP contribution < -0.4 is 5.32 Å². The Bertz CT molecular complexity index is 704. The summed E-state index contributed by atoms with van der Waals surface area (Å²) < 4.78 is 13.8. The lowest BCUT2D eigenvalue weighted by Gasteiger charge is -2.18. The lowest BCUT2D eigenvalue weighted by molar-refractivity contribution is 0.0854. The van der Waals surface area contributed by atoms with E-state index in [9.17, 15) is 14.3 Å². The summed E-state index contributed by atoms with van der Waals surface area (Å²) in [5, 5.41) is 13.0. The van der Waals surface area contributed by atoms with Gasteiger partial charge in [0.15, 0.2) is 0 Å². The lowest BCUT2D eigenvalue weighted by Crippen LogP contribution is -2.34. The van der Waals surface area contributed by atoms with Gasteiger partial charge in [0.2, 0.25) is 0 Å². The molecule has 2 N–H and O–H groups in total. The molecule has 1 amide bonds. The van der Waals surface area contributed by atoms with Crippen molar-refractivity contribution in [3.63, 3.8) is 0 Å². The molecule has 0 aromatic heterocycles. The second-order valence-corrected chi connectivity index (χ2v) is 5.48. The Morgan fingerprint density at radius 2 is 2.05 bits per heavy atom. The zero-order valence-corrected chi connectivity index (χ0v) is 11.8. The predicted molar refractivity (Wildman–Crippen MR) is 77.8 cm³/mol. The molecule has 0 radical (unpaired) electrons. The van der Waals surface area contributed by atoms with E-state index in [-0.39, 0.29) is 10.6 Å². The first-order valence-corrected chi connectivity index (χ1v) is 6.96. The fourth-order valence-electron chi connectivity index (χ4n) is 2.64. The Labute approximate surface area is 126 Å². The van der Waals surface area contributed by atoms with Crippen molar-refractivity contribution in [2.24, 2.45) is 0 Å². The molecule has 0 unspecified atom stereocenters. The van der Waals surface area contributed by atoms with Gasteiger partial charge < -0.3 is 10.4 Å². The number of hydrogen-bond donors (Lipinski definition) is 2. The van der Waals surface area contributed by atoms with Gasteiger partial charge >= 0.3 is 0 Å². The van der Waals surface area contributed by atoms with Crippen LogP contribution in [0, 0.1) is 5.82 Å². The van der Waals surface area contributed by atoms with Crippen molar-refractivity contribution < 1.29 is 14.3 Å². The van der Waals surface area contributed by atoms with Gasteiger partial charge in [-0.15, -0.1) is 0 Å². The zero-order valence-electron chi connectivity index (χ0n) is 11.0. The third-order valence-corrected chi connectivity index (χ3v) is 3.90. The first-order valence-electron chi connectivity index (χ1n) is 6.58. The second kappa shape index (κ2) is 5.47. The van der Waals surface area contributed by atoms with E-state index in [1.807, 2.05) is 24.3 Å². The Hall–Kier alpha value is -1.91. The minimum atomic E-state index is -0.707. The maximum Gasteiger partial charge on any atom is 0.254 e. The van der Waals surface area contributed by atoms with Crippen LogP contribution in [-0.4, -0.2) is 17.1 Å². The first-order chi connectivity index (χ1) is 10.1. The smallest absolute Gasteiger partial charge is 0.254 e. The number of halogens is 2. The Kier molecular flexibility index (Phi) is 3.66. The minimum Gasteiger partial charge on any atom is -0.390 e. The minimum absolute atomic E-state index is 0.0871. The molecule has 5 heteroatoms. The van der Waals surface area contributed by atoms with Gasteiger partial charge in [-0.2, -0.15) is 0 Å². The molecule has 0 fully saturated rings. The van der Waals surface area contributed by atoms with Crippen LogP contribution in [0.1, 0.15) is 27.5 Å². The van der Waals surface area contributed by atoms with E-state index in [0.29, 0.717) is 6.42 Å². The van der Waals surface area contributed by atoms with Gasteiger partial charge in [0.25, 0.3) is 5.91 Å². The molecule has 0 aliphatic heterocycles. The number of aliphatic hydroxyl groups excluding tert-OH is 1. The highest BCUT2D eigenvalue weighted by atomic mass is 35.5. The van der Waals surface area contributed by atoms with Gasteiger partial charge in [-0.1, -0.05) is 35.9 Å². The molecule has 1 aliphatic rings. The van der Waals surface area contributed by atoms with Crippen molar-refractivity contribution in [3.05, 3.63) is 70.0 Å². The molecule has 3 rings (SSSR count). The Morgan fingerprint density at radius 3 is 2.81 bits per heavy atom. The quantitative estimate of drug-likeness (QED) is 0.896. The average Bonchev–Trinajstić information content (AvgIpc) is 2.75. The van der Waals surface area contributed by atoms with E-state index < -0.39 is 23.9 Å². The molecule has 0 heterocycles. The number of aliphatic hydroxyl groups is 1. The van der Waals surface area contributed by atoms with Crippen LogP contribution in [0.3, 0.4) is 0 Å². The normalized spacial score (nSPS) is 20.1. The molecule has 1 aliphatic carbocycles. The van der Waals surface area contributed by atoms with Gasteiger partial charge in [-0.25, -0.2) is 4.39 Å². The summed E-state index contributed by atoms with van der Waals surface area (Å²) in [7, 11) is 0. The van der Waals surface area contributed by atoms with Crippen molar-refractivity contribution in [3.8, 4) is 0 Å². The molecule has 0 bridgehead atoms. The highest BCUT2D eigenvalue weighted by molar-refractivity contribution is 6.30. The molecule has 0 spiro atoms. The van der Waals surface area contributed by atoms with Gasteiger partial charge in [0, 0.05) is 11.4 Å². The van der Waals surface area contributed by atoms with Gasteiger partial charge in [0.1, 0.15) is 5.82 Å². The van der Waals surface area contributed by atoms with Gasteiger partial charge in [-0.05, 0) is 29.3 Å². The first kappa shape index (κ1) is 14.0. The number of benzene rings is 2. The molecule has 2 aromatic rings. The van der Waals surface area contributed by atoms with Crippen LogP contribution in [0.25, 0.3) is 0 Å².